The van der Waals surface area contributed by atoms with E-state index in [0.717, 1.165) is 38.1 Å². The molecule has 2 heterocycles. The number of aromatic nitrogens is 2. The number of aliphatic hydroxyl groups excluding tert-OH is 1. The highest BCUT2D eigenvalue weighted by Crippen LogP contribution is 2.21. The van der Waals surface area contributed by atoms with Gasteiger partial charge in [0.25, 0.3) is 17.7 Å². The summed E-state index contributed by atoms with van der Waals surface area (Å²) in [5.74, 6) is -2.40. The molecule has 1 unspecified atom stereocenters. The minimum Gasteiger partial charge on any atom is -0.392 e. The van der Waals surface area contributed by atoms with Gasteiger partial charge in [0.15, 0.2) is 5.69 Å². The molecule has 200 valence electrons. The lowest BCUT2D eigenvalue weighted by Gasteiger charge is -2.29. The Bertz CT molecular complexity index is 1330. The molecule has 1 aliphatic heterocycles. The molecule has 2 aromatic carbocycles. The molecule has 0 bridgehead atoms. The summed E-state index contributed by atoms with van der Waals surface area (Å²) in [4.78, 5) is 43.7. The van der Waals surface area contributed by atoms with Crippen LogP contribution in [0.1, 0.15) is 50.6 Å². The van der Waals surface area contributed by atoms with Gasteiger partial charge >= 0.3 is 0 Å². The van der Waals surface area contributed by atoms with E-state index in [9.17, 15) is 23.9 Å². The van der Waals surface area contributed by atoms with E-state index in [1.165, 1.54) is 17.0 Å². The number of halogens is 2. The first-order chi connectivity index (χ1) is 18.2. The zero-order valence-electron chi connectivity index (χ0n) is 20.5. The maximum atomic E-state index is 13.3. The van der Waals surface area contributed by atoms with Crippen LogP contribution in [-0.4, -0.2) is 69.6 Å². The number of benzene rings is 2. The number of β-amino-alcohol motifs (C(OH)–C–C–N with tert-alkyl or cyclic N) is 1. The number of primary amides is 1. The summed E-state index contributed by atoms with van der Waals surface area (Å²) >= 11 is 5.96. The average Bonchev–Trinajstić information content (AvgIpc) is 3.33. The van der Waals surface area contributed by atoms with Crippen LogP contribution in [-0.2, 0) is 0 Å². The van der Waals surface area contributed by atoms with Crippen molar-refractivity contribution < 1.29 is 23.9 Å². The topological polar surface area (TPSA) is 143 Å². The standard InChI is InChI=1S/C26H28ClFN6O4/c27-21-13-16(28)4-9-20(21)25(37)32-17-5-7-18(8-6-17)34-15-31-22(24(29)36)23(34)26(38)30-10-2-12-33-11-1-3-19(35)14-33/h4-9,13,15,19,35H,1-3,10-12,14H2,(H2,29,36)(H,30,38)(H,32,37). The number of hydrogen-bond acceptors (Lipinski definition) is 6. The molecule has 38 heavy (non-hydrogen) atoms. The molecule has 1 aromatic heterocycles. The van der Waals surface area contributed by atoms with Crippen molar-refractivity contribution in [3.8, 4) is 5.69 Å². The van der Waals surface area contributed by atoms with Gasteiger partial charge in [-0.1, -0.05) is 11.6 Å². The number of anilines is 1. The van der Waals surface area contributed by atoms with Gasteiger partial charge in [-0.25, -0.2) is 9.37 Å². The zero-order valence-corrected chi connectivity index (χ0v) is 21.2. The number of piperidine rings is 1. The number of carbonyl (C=O) groups excluding carboxylic acids is 3. The molecule has 1 fully saturated rings. The second-order valence-corrected chi connectivity index (χ2v) is 9.41. The smallest absolute Gasteiger partial charge is 0.270 e. The second kappa shape index (κ2) is 12.2. The number of aliphatic hydroxyl groups is 1. The summed E-state index contributed by atoms with van der Waals surface area (Å²) in [7, 11) is 0. The molecule has 1 atom stereocenters. The van der Waals surface area contributed by atoms with E-state index in [0.29, 0.717) is 30.9 Å². The third-order valence-electron chi connectivity index (χ3n) is 6.21. The predicted octanol–water partition coefficient (Wildman–Crippen LogP) is 2.59. The van der Waals surface area contributed by atoms with Crippen LogP contribution in [0.3, 0.4) is 0 Å². The lowest BCUT2D eigenvalue weighted by molar-refractivity contribution is 0.0697. The quantitative estimate of drug-likeness (QED) is 0.306. The van der Waals surface area contributed by atoms with E-state index in [1.807, 2.05) is 0 Å². The normalized spacial score (nSPS) is 15.7. The number of hydrogen-bond donors (Lipinski definition) is 4. The van der Waals surface area contributed by atoms with Gasteiger partial charge in [-0.2, -0.15) is 0 Å². The molecule has 12 heteroatoms. The Hall–Kier alpha value is -3.80. The van der Waals surface area contributed by atoms with E-state index in [-0.39, 0.29) is 28.1 Å². The first-order valence-electron chi connectivity index (χ1n) is 12.2. The van der Waals surface area contributed by atoms with Gasteiger partial charge in [0, 0.05) is 24.5 Å². The first-order valence-corrected chi connectivity index (χ1v) is 12.5. The van der Waals surface area contributed by atoms with Crippen LogP contribution in [0.5, 0.6) is 0 Å². The van der Waals surface area contributed by atoms with Gasteiger partial charge in [0.2, 0.25) is 0 Å². The van der Waals surface area contributed by atoms with Gasteiger partial charge in [-0.3, -0.25) is 19.0 Å². The fourth-order valence-electron chi connectivity index (χ4n) is 4.34. The Morgan fingerprint density at radius 2 is 1.92 bits per heavy atom. The number of rotatable bonds is 9. The fraction of sp³-hybridized carbons (Fsp3) is 0.308. The van der Waals surface area contributed by atoms with Crippen molar-refractivity contribution in [2.75, 3.05) is 31.5 Å². The molecule has 0 spiro atoms. The van der Waals surface area contributed by atoms with Crippen molar-refractivity contribution in [2.24, 2.45) is 5.73 Å². The van der Waals surface area contributed by atoms with Crippen molar-refractivity contribution in [2.45, 2.75) is 25.4 Å². The van der Waals surface area contributed by atoms with E-state index in [1.54, 1.807) is 24.3 Å². The number of carbonyl (C=O) groups is 3. The number of nitrogens with one attached hydrogen (secondary N) is 2. The molecule has 10 nitrogen and oxygen atoms in total. The maximum Gasteiger partial charge on any atom is 0.270 e. The number of likely N-dealkylation sites (tertiary alicyclic amines) is 1. The van der Waals surface area contributed by atoms with Gasteiger partial charge in [-0.15, -0.1) is 0 Å². The molecule has 4 rings (SSSR count). The molecule has 3 aromatic rings. The molecular formula is C26H28ClFN6O4. The number of nitrogens with two attached hydrogens (primary N) is 1. The van der Waals surface area contributed by atoms with Crippen LogP contribution in [0.25, 0.3) is 5.69 Å². The SMILES string of the molecule is NC(=O)c1ncn(-c2ccc(NC(=O)c3ccc(F)cc3Cl)cc2)c1C(=O)NCCCN1CCCC(O)C1. The minimum atomic E-state index is -0.837. The predicted molar refractivity (Wildman–Crippen MR) is 140 cm³/mol. The summed E-state index contributed by atoms with van der Waals surface area (Å²) in [5.41, 5.74) is 6.36. The van der Waals surface area contributed by atoms with Crippen LogP contribution in [0.4, 0.5) is 10.1 Å². The Kier molecular flexibility index (Phi) is 8.72. The minimum absolute atomic E-state index is 0.000717. The Labute approximate surface area is 223 Å². The van der Waals surface area contributed by atoms with Crippen LogP contribution in [0, 0.1) is 5.82 Å². The highest BCUT2D eigenvalue weighted by atomic mass is 35.5. The molecular weight excluding hydrogens is 515 g/mol. The third-order valence-corrected chi connectivity index (χ3v) is 6.53. The lowest BCUT2D eigenvalue weighted by atomic mass is 10.1. The number of amides is 3. The van der Waals surface area contributed by atoms with Gasteiger partial charge < -0.3 is 26.4 Å². The zero-order chi connectivity index (χ0) is 27.2. The van der Waals surface area contributed by atoms with Crippen molar-refractivity contribution in [3.63, 3.8) is 0 Å². The monoisotopic (exact) mass is 542 g/mol. The summed E-state index contributed by atoms with van der Waals surface area (Å²) in [6, 6.07) is 9.95. The molecule has 1 saturated heterocycles. The van der Waals surface area contributed by atoms with Crippen LogP contribution >= 0.6 is 11.6 Å². The Morgan fingerprint density at radius 3 is 2.61 bits per heavy atom. The van der Waals surface area contributed by atoms with Crippen molar-refractivity contribution >= 4 is 35.0 Å². The summed E-state index contributed by atoms with van der Waals surface area (Å²) in [6.45, 7) is 2.64. The van der Waals surface area contributed by atoms with E-state index in [4.69, 9.17) is 17.3 Å². The molecule has 0 radical (unpaired) electrons. The molecule has 1 aliphatic rings. The van der Waals surface area contributed by atoms with Crippen molar-refractivity contribution in [1.82, 2.24) is 19.8 Å². The lowest BCUT2D eigenvalue weighted by Crippen LogP contribution is -2.39. The molecule has 3 amide bonds. The maximum absolute atomic E-state index is 13.3. The van der Waals surface area contributed by atoms with E-state index in [2.05, 4.69) is 20.5 Å². The second-order valence-electron chi connectivity index (χ2n) is 9.01. The Morgan fingerprint density at radius 1 is 1.16 bits per heavy atom. The number of imidazole rings is 1. The first kappa shape index (κ1) is 27.2. The Balaban J connectivity index is 1.43. The molecule has 0 saturated carbocycles. The van der Waals surface area contributed by atoms with Crippen molar-refractivity contribution in [3.05, 3.63) is 76.6 Å². The van der Waals surface area contributed by atoms with Gasteiger partial charge in [-0.05, 0) is 74.8 Å². The molecule has 0 aliphatic carbocycles. The summed E-state index contributed by atoms with van der Waals surface area (Å²) in [6.07, 6.45) is 3.44. The summed E-state index contributed by atoms with van der Waals surface area (Å²) in [5, 5.41) is 15.3. The highest BCUT2D eigenvalue weighted by Gasteiger charge is 2.23. The highest BCUT2D eigenvalue weighted by molar-refractivity contribution is 6.34. The van der Waals surface area contributed by atoms with Crippen LogP contribution in [0.2, 0.25) is 5.02 Å². The van der Waals surface area contributed by atoms with Crippen LogP contribution < -0.4 is 16.4 Å². The molecule has 5 N–H and O–H groups in total. The average molecular weight is 543 g/mol. The fourth-order valence-corrected chi connectivity index (χ4v) is 4.59. The van der Waals surface area contributed by atoms with Gasteiger partial charge in [0.05, 0.1) is 16.7 Å². The van der Waals surface area contributed by atoms with Gasteiger partial charge in [0.1, 0.15) is 17.8 Å². The van der Waals surface area contributed by atoms with E-state index >= 15 is 0 Å². The summed E-state index contributed by atoms with van der Waals surface area (Å²) < 4.78 is 14.7. The number of nitrogens with zero attached hydrogens (tertiary/aromatic N) is 3. The van der Waals surface area contributed by atoms with E-state index < -0.39 is 23.5 Å². The van der Waals surface area contributed by atoms with Crippen LogP contribution in [0.15, 0.2) is 48.8 Å². The third kappa shape index (κ3) is 6.55. The van der Waals surface area contributed by atoms with Crippen molar-refractivity contribution in [1.29, 1.82) is 0 Å². The largest absolute Gasteiger partial charge is 0.392 e.